The Morgan fingerprint density at radius 1 is 1.26 bits per heavy atom. The highest BCUT2D eigenvalue weighted by atomic mass is 16.5. The third kappa shape index (κ3) is 3.88. The van der Waals surface area contributed by atoms with E-state index in [1.54, 1.807) is 44.9 Å². The minimum Gasteiger partial charge on any atom is -0.484 e. The molecule has 2 rings (SSSR count). The molecule has 0 atom stereocenters. The number of ether oxygens (including phenoxy) is 1. The summed E-state index contributed by atoms with van der Waals surface area (Å²) in [4.78, 5) is 25.7. The van der Waals surface area contributed by atoms with Crippen molar-refractivity contribution in [3.05, 3.63) is 41.7 Å². The molecule has 7 heteroatoms. The summed E-state index contributed by atoms with van der Waals surface area (Å²) in [6.45, 7) is 1.64. The lowest BCUT2D eigenvalue weighted by molar-refractivity contribution is -0.118. The van der Waals surface area contributed by atoms with Crippen molar-refractivity contribution in [3.8, 4) is 5.75 Å². The molecule has 0 saturated carbocycles. The van der Waals surface area contributed by atoms with E-state index in [9.17, 15) is 9.59 Å². The zero-order valence-corrected chi connectivity index (χ0v) is 13.7. The van der Waals surface area contributed by atoms with Crippen molar-refractivity contribution in [2.24, 2.45) is 7.05 Å². The Kier molecular flexibility index (Phi) is 5.00. The molecule has 1 aromatic heterocycles. The highest BCUT2D eigenvalue weighted by Gasteiger charge is 2.22. The fourth-order valence-corrected chi connectivity index (χ4v) is 1.96. The summed E-state index contributed by atoms with van der Waals surface area (Å²) in [5, 5.41) is 6.88. The van der Waals surface area contributed by atoms with Crippen LogP contribution < -0.4 is 10.1 Å². The third-order valence-corrected chi connectivity index (χ3v) is 3.32. The van der Waals surface area contributed by atoms with Crippen molar-refractivity contribution in [2.45, 2.75) is 6.92 Å². The van der Waals surface area contributed by atoms with E-state index in [1.165, 1.54) is 4.90 Å². The molecule has 0 fully saturated rings. The number of hydrogen-bond acceptors (Lipinski definition) is 4. The molecule has 0 aliphatic rings. The predicted molar refractivity (Wildman–Crippen MR) is 86.5 cm³/mol. The Morgan fingerprint density at radius 3 is 2.52 bits per heavy atom. The van der Waals surface area contributed by atoms with Gasteiger partial charge in [-0.1, -0.05) is 18.2 Å². The number of carbonyl (C=O) groups excluding carboxylic acids is 2. The van der Waals surface area contributed by atoms with Crippen molar-refractivity contribution in [1.82, 2.24) is 14.7 Å². The lowest BCUT2D eigenvalue weighted by Crippen LogP contribution is -2.26. The molecule has 122 valence electrons. The third-order valence-electron chi connectivity index (χ3n) is 3.32. The molecule has 0 radical (unpaired) electrons. The molecule has 0 aliphatic carbocycles. The van der Waals surface area contributed by atoms with E-state index in [4.69, 9.17) is 4.74 Å². The Hall–Kier alpha value is -2.83. The Labute approximate surface area is 134 Å². The number of anilines is 1. The van der Waals surface area contributed by atoms with Gasteiger partial charge in [-0.25, -0.2) is 0 Å². The van der Waals surface area contributed by atoms with E-state index in [2.05, 4.69) is 10.4 Å². The standard InChI is InChI=1S/C16H20N4O3/c1-11-14(15(18-20(11)4)16(22)19(2)3)17-13(21)10-23-12-8-6-5-7-9-12/h5-9H,10H2,1-4H3,(H,17,21). The van der Waals surface area contributed by atoms with E-state index in [0.29, 0.717) is 17.1 Å². The maximum Gasteiger partial charge on any atom is 0.276 e. The number of para-hydroxylation sites is 1. The van der Waals surface area contributed by atoms with Gasteiger partial charge in [-0.05, 0) is 19.1 Å². The zero-order chi connectivity index (χ0) is 17.0. The lowest BCUT2D eigenvalue weighted by Gasteiger charge is -2.11. The van der Waals surface area contributed by atoms with Gasteiger partial charge in [-0.3, -0.25) is 14.3 Å². The maximum atomic E-state index is 12.2. The number of benzene rings is 1. The molecule has 1 aromatic carbocycles. The Balaban J connectivity index is 2.10. The van der Waals surface area contributed by atoms with E-state index in [-0.39, 0.29) is 24.1 Å². The van der Waals surface area contributed by atoms with Crippen LogP contribution in [-0.2, 0) is 11.8 Å². The summed E-state index contributed by atoms with van der Waals surface area (Å²) in [6, 6.07) is 9.05. The maximum absolute atomic E-state index is 12.2. The quantitative estimate of drug-likeness (QED) is 0.906. The summed E-state index contributed by atoms with van der Waals surface area (Å²) in [6.07, 6.45) is 0. The number of amides is 2. The summed E-state index contributed by atoms with van der Waals surface area (Å²) >= 11 is 0. The smallest absolute Gasteiger partial charge is 0.276 e. The Morgan fingerprint density at radius 2 is 1.91 bits per heavy atom. The van der Waals surface area contributed by atoms with E-state index in [0.717, 1.165) is 0 Å². The molecular weight excluding hydrogens is 296 g/mol. The first-order valence-electron chi connectivity index (χ1n) is 7.13. The second-order valence-corrected chi connectivity index (χ2v) is 5.28. The number of rotatable bonds is 5. The first-order chi connectivity index (χ1) is 10.9. The van der Waals surface area contributed by atoms with Gasteiger partial charge in [0.25, 0.3) is 11.8 Å². The van der Waals surface area contributed by atoms with Crippen LogP contribution in [0.4, 0.5) is 5.69 Å². The van der Waals surface area contributed by atoms with Gasteiger partial charge in [0.2, 0.25) is 0 Å². The van der Waals surface area contributed by atoms with Crippen LogP contribution in [0.5, 0.6) is 5.75 Å². The summed E-state index contributed by atoms with van der Waals surface area (Å²) in [7, 11) is 4.99. The largest absolute Gasteiger partial charge is 0.484 e. The summed E-state index contributed by atoms with van der Waals surface area (Å²) in [5.74, 6) is -0.0131. The van der Waals surface area contributed by atoms with E-state index in [1.807, 2.05) is 18.2 Å². The van der Waals surface area contributed by atoms with Crippen LogP contribution in [0.15, 0.2) is 30.3 Å². The fraction of sp³-hybridized carbons (Fsp3) is 0.312. The number of aryl methyl sites for hydroxylation is 1. The topological polar surface area (TPSA) is 76.5 Å². The molecule has 0 spiro atoms. The second-order valence-electron chi connectivity index (χ2n) is 5.28. The molecule has 1 heterocycles. The van der Waals surface area contributed by atoms with Gasteiger partial charge in [-0.15, -0.1) is 0 Å². The molecule has 2 amide bonds. The molecule has 1 N–H and O–H groups in total. The van der Waals surface area contributed by atoms with Crippen molar-refractivity contribution in [1.29, 1.82) is 0 Å². The van der Waals surface area contributed by atoms with Crippen LogP contribution in [0.1, 0.15) is 16.2 Å². The van der Waals surface area contributed by atoms with Gasteiger partial charge in [0.1, 0.15) is 5.75 Å². The van der Waals surface area contributed by atoms with Crippen LogP contribution >= 0.6 is 0 Å². The molecule has 0 unspecified atom stereocenters. The van der Waals surface area contributed by atoms with Gasteiger partial charge >= 0.3 is 0 Å². The van der Waals surface area contributed by atoms with Crippen LogP contribution in [0.3, 0.4) is 0 Å². The van der Waals surface area contributed by atoms with Crippen molar-refractivity contribution in [2.75, 3.05) is 26.0 Å². The number of carbonyl (C=O) groups is 2. The minimum absolute atomic E-state index is 0.145. The van der Waals surface area contributed by atoms with Crippen LogP contribution in [0.2, 0.25) is 0 Å². The monoisotopic (exact) mass is 316 g/mol. The van der Waals surface area contributed by atoms with Crippen molar-refractivity contribution in [3.63, 3.8) is 0 Å². The van der Waals surface area contributed by atoms with Crippen LogP contribution in [-0.4, -0.2) is 47.2 Å². The van der Waals surface area contributed by atoms with Crippen molar-refractivity contribution < 1.29 is 14.3 Å². The second kappa shape index (κ2) is 6.95. The fourth-order valence-electron chi connectivity index (χ4n) is 1.96. The first-order valence-corrected chi connectivity index (χ1v) is 7.13. The van der Waals surface area contributed by atoms with Crippen molar-refractivity contribution >= 4 is 17.5 Å². The highest BCUT2D eigenvalue weighted by molar-refractivity contribution is 6.03. The lowest BCUT2D eigenvalue weighted by atomic mass is 10.2. The first kappa shape index (κ1) is 16.5. The van der Waals surface area contributed by atoms with Crippen LogP contribution in [0, 0.1) is 6.92 Å². The predicted octanol–water partition coefficient (Wildman–Crippen LogP) is 1.45. The summed E-state index contributed by atoms with van der Waals surface area (Å²) in [5.41, 5.74) is 1.32. The molecular formula is C16H20N4O3. The SMILES string of the molecule is Cc1c(NC(=O)COc2ccccc2)c(C(=O)N(C)C)nn1C. The number of nitrogens with zero attached hydrogens (tertiary/aromatic N) is 3. The summed E-state index contributed by atoms with van der Waals surface area (Å²) < 4.78 is 6.96. The number of aromatic nitrogens is 2. The average molecular weight is 316 g/mol. The van der Waals surface area contributed by atoms with Crippen LogP contribution in [0.25, 0.3) is 0 Å². The highest BCUT2D eigenvalue weighted by Crippen LogP contribution is 2.20. The molecule has 0 bridgehead atoms. The number of nitrogens with one attached hydrogen (secondary N) is 1. The van der Waals surface area contributed by atoms with Gasteiger partial charge in [0, 0.05) is 21.1 Å². The molecule has 2 aromatic rings. The van der Waals surface area contributed by atoms with Gasteiger partial charge in [0.05, 0.1) is 11.4 Å². The van der Waals surface area contributed by atoms with Gasteiger partial charge < -0.3 is 15.0 Å². The zero-order valence-electron chi connectivity index (χ0n) is 13.7. The average Bonchev–Trinajstić information content (AvgIpc) is 2.81. The molecule has 23 heavy (non-hydrogen) atoms. The normalized spacial score (nSPS) is 10.3. The van der Waals surface area contributed by atoms with Gasteiger partial charge in [-0.2, -0.15) is 5.10 Å². The van der Waals surface area contributed by atoms with E-state index >= 15 is 0 Å². The molecule has 0 saturated heterocycles. The molecule has 0 aliphatic heterocycles. The van der Waals surface area contributed by atoms with E-state index < -0.39 is 0 Å². The van der Waals surface area contributed by atoms with Gasteiger partial charge in [0.15, 0.2) is 12.3 Å². The Bertz CT molecular complexity index is 708. The number of hydrogen-bond donors (Lipinski definition) is 1. The minimum atomic E-state index is -0.349. The molecule has 7 nitrogen and oxygen atoms in total.